The fourth-order valence-electron chi connectivity index (χ4n) is 1.55. The van der Waals surface area contributed by atoms with Crippen LogP contribution in [0.5, 0.6) is 0 Å². The monoisotopic (exact) mass is 319 g/mol. The third kappa shape index (κ3) is 4.76. The van der Waals surface area contributed by atoms with Crippen LogP contribution in [0.2, 0.25) is 0 Å². The summed E-state index contributed by atoms with van der Waals surface area (Å²) in [5.41, 5.74) is -1.72. The number of carboxylic acid groups (broad SMARTS) is 1. The molecule has 1 aromatic rings. The smallest absolute Gasteiger partial charge is 0.416 e. The Morgan fingerprint density at radius 2 is 1.86 bits per heavy atom. The minimum absolute atomic E-state index is 0.265. The fraction of sp³-hybridized carbons (Fsp3) is 0.308. The maximum absolute atomic E-state index is 12.7. The number of carbonyl (C=O) groups is 3. The van der Waals surface area contributed by atoms with Gasteiger partial charge in [-0.15, -0.1) is 0 Å². The van der Waals surface area contributed by atoms with Crippen molar-refractivity contribution in [2.45, 2.75) is 19.0 Å². The average Bonchev–Trinajstić information content (AvgIpc) is 2.43. The van der Waals surface area contributed by atoms with Crippen LogP contribution in [0.3, 0.4) is 0 Å². The zero-order valence-electron chi connectivity index (χ0n) is 11.4. The molecule has 0 aliphatic heterocycles. The zero-order valence-corrected chi connectivity index (χ0v) is 11.4. The number of methoxy groups -OCH3 is 1. The summed E-state index contributed by atoms with van der Waals surface area (Å²) in [4.78, 5) is 33.4. The molecule has 1 rings (SSSR count). The van der Waals surface area contributed by atoms with Gasteiger partial charge in [-0.25, -0.2) is 4.79 Å². The molecule has 0 aliphatic carbocycles. The van der Waals surface area contributed by atoms with Crippen LogP contribution in [-0.4, -0.2) is 30.1 Å². The minimum atomic E-state index is -4.66. The van der Waals surface area contributed by atoms with Gasteiger partial charge in [0.05, 0.1) is 30.3 Å². The van der Waals surface area contributed by atoms with Crippen LogP contribution in [0.15, 0.2) is 18.2 Å². The molecule has 0 atom stereocenters. The van der Waals surface area contributed by atoms with E-state index < -0.39 is 48.1 Å². The van der Waals surface area contributed by atoms with Gasteiger partial charge in [0.15, 0.2) is 0 Å². The summed E-state index contributed by atoms with van der Waals surface area (Å²) >= 11 is 0. The van der Waals surface area contributed by atoms with E-state index in [1.807, 2.05) is 0 Å². The van der Waals surface area contributed by atoms with Crippen LogP contribution in [0, 0.1) is 0 Å². The molecule has 0 saturated heterocycles. The van der Waals surface area contributed by atoms with Crippen molar-refractivity contribution in [2.24, 2.45) is 0 Å². The number of esters is 1. The van der Waals surface area contributed by atoms with Gasteiger partial charge in [-0.1, -0.05) is 0 Å². The largest absolute Gasteiger partial charge is 0.481 e. The molecule has 0 fully saturated rings. The zero-order chi connectivity index (χ0) is 16.9. The van der Waals surface area contributed by atoms with E-state index in [2.05, 4.69) is 10.1 Å². The lowest BCUT2D eigenvalue weighted by atomic mass is 10.1. The molecule has 0 aromatic heterocycles. The summed E-state index contributed by atoms with van der Waals surface area (Å²) < 4.78 is 42.4. The molecule has 0 aliphatic rings. The van der Waals surface area contributed by atoms with Gasteiger partial charge in [-0.05, 0) is 18.2 Å². The van der Waals surface area contributed by atoms with Gasteiger partial charge >= 0.3 is 18.1 Å². The van der Waals surface area contributed by atoms with Crippen molar-refractivity contribution in [3.05, 3.63) is 29.3 Å². The highest BCUT2D eigenvalue weighted by Crippen LogP contribution is 2.32. The van der Waals surface area contributed by atoms with Crippen molar-refractivity contribution >= 4 is 23.5 Å². The van der Waals surface area contributed by atoms with Crippen LogP contribution < -0.4 is 5.32 Å². The Balaban J connectivity index is 3.09. The Hall–Kier alpha value is -2.58. The summed E-state index contributed by atoms with van der Waals surface area (Å²) in [7, 11) is 1.04. The van der Waals surface area contributed by atoms with E-state index in [9.17, 15) is 27.6 Å². The molecule has 120 valence electrons. The lowest BCUT2D eigenvalue weighted by Gasteiger charge is -2.13. The molecule has 0 radical (unpaired) electrons. The maximum Gasteiger partial charge on any atom is 0.416 e. The molecule has 9 heteroatoms. The number of anilines is 1. The quantitative estimate of drug-likeness (QED) is 0.812. The van der Waals surface area contributed by atoms with Gasteiger partial charge in [0.25, 0.3) is 0 Å². The number of benzene rings is 1. The maximum atomic E-state index is 12.7. The summed E-state index contributed by atoms with van der Waals surface area (Å²) in [5, 5.41) is 10.5. The van der Waals surface area contributed by atoms with E-state index >= 15 is 0 Å². The normalized spacial score (nSPS) is 10.9. The molecule has 1 amide bonds. The van der Waals surface area contributed by atoms with Crippen molar-refractivity contribution in [1.29, 1.82) is 0 Å². The number of hydrogen-bond acceptors (Lipinski definition) is 4. The molecule has 0 heterocycles. The molecule has 2 N–H and O–H groups in total. The second-order valence-corrected chi connectivity index (χ2v) is 4.19. The Morgan fingerprint density at radius 1 is 1.23 bits per heavy atom. The van der Waals surface area contributed by atoms with Crippen molar-refractivity contribution in [1.82, 2.24) is 0 Å². The fourth-order valence-corrected chi connectivity index (χ4v) is 1.55. The number of carboxylic acids is 1. The van der Waals surface area contributed by atoms with Crippen LogP contribution >= 0.6 is 0 Å². The molecule has 0 saturated carbocycles. The molecule has 1 aromatic carbocycles. The molecule has 22 heavy (non-hydrogen) atoms. The first kappa shape index (κ1) is 17.5. The highest BCUT2D eigenvalue weighted by atomic mass is 19.4. The number of hydrogen-bond donors (Lipinski definition) is 2. The molecular weight excluding hydrogens is 307 g/mol. The first-order chi connectivity index (χ1) is 10.1. The van der Waals surface area contributed by atoms with Crippen molar-refractivity contribution < 1.29 is 37.4 Å². The Labute approximate surface area is 122 Å². The summed E-state index contributed by atoms with van der Waals surface area (Å²) in [6, 6.07) is 2.14. The number of halogens is 3. The van der Waals surface area contributed by atoms with Crippen molar-refractivity contribution in [3.63, 3.8) is 0 Å². The number of aliphatic carboxylic acids is 1. The highest BCUT2D eigenvalue weighted by Gasteiger charge is 2.32. The minimum Gasteiger partial charge on any atom is -0.481 e. The topological polar surface area (TPSA) is 92.7 Å². The first-order valence-electron chi connectivity index (χ1n) is 5.96. The summed E-state index contributed by atoms with van der Waals surface area (Å²) in [6.45, 7) is 0. The predicted molar refractivity (Wildman–Crippen MR) is 68.3 cm³/mol. The van der Waals surface area contributed by atoms with E-state index in [1.165, 1.54) is 0 Å². The van der Waals surface area contributed by atoms with Gasteiger partial charge in [0.1, 0.15) is 0 Å². The van der Waals surface area contributed by atoms with Crippen LogP contribution in [-0.2, 0) is 20.5 Å². The second kappa shape index (κ2) is 6.92. The van der Waals surface area contributed by atoms with Gasteiger partial charge < -0.3 is 15.2 Å². The van der Waals surface area contributed by atoms with E-state index in [-0.39, 0.29) is 5.56 Å². The third-order valence-corrected chi connectivity index (χ3v) is 2.59. The van der Waals surface area contributed by atoms with Crippen molar-refractivity contribution in [3.8, 4) is 0 Å². The Bertz CT molecular complexity index is 598. The lowest BCUT2D eigenvalue weighted by Crippen LogP contribution is -2.17. The third-order valence-electron chi connectivity index (χ3n) is 2.59. The van der Waals surface area contributed by atoms with Crippen LogP contribution in [0.4, 0.5) is 18.9 Å². The van der Waals surface area contributed by atoms with E-state index in [0.717, 1.165) is 13.2 Å². The molecule has 0 unspecified atom stereocenters. The average molecular weight is 319 g/mol. The van der Waals surface area contributed by atoms with Crippen molar-refractivity contribution in [2.75, 3.05) is 12.4 Å². The van der Waals surface area contributed by atoms with Gasteiger partial charge in [-0.3, -0.25) is 9.59 Å². The number of rotatable bonds is 5. The standard InChI is InChI=1S/C13H12F3NO5/c1-22-12(21)8-3-2-7(13(14,15)16)6-9(8)17-10(18)4-5-11(19)20/h2-3,6H,4-5H2,1H3,(H,17,18)(H,19,20). The predicted octanol–water partition coefficient (Wildman–Crippen LogP) is 2.30. The van der Waals surface area contributed by atoms with E-state index in [0.29, 0.717) is 12.1 Å². The molecule has 0 spiro atoms. The number of carbonyl (C=O) groups excluding carboxylic acids is 2. The lowest BCUT2D eigenvalue weighted by molar-refractivity contribution is -0.138. The van der Waals surface area contributed by atoms with Gasteiger partial charge in [0.2, 0.25) is 5.91 Å². The summed E-state index contributed by atoms with van der Waals surface area (Å²) in [6.07, 6.45) is -5.58. The van der Waals surface area contributed by atoms with E-state index in [1.54, 1.807) is 0 Å². The molecule has 0 bridgehead atoms. The molecule has 6 nitrogen and oxygen atoms in total. The van der Waals surface area contributed by atoms with Gasteiger partial charge in [-0.2, -0.15) is 13.2 Å². The number of nitrogens with one attached hydrogen (secondary N) is 1. The number of amides is 1. The molecular formula is C13H12F3NO5. The van der Waals surface area contributed by atoms with E-state index in [4.69, 9.17) is 5.11 Å². The Kier molecular flexibility index (Phi) is 5.50. The Morgan fingerprint density at radius 3 is 2.36 bits per heavy atom. The van der Waals surface area contributed by atoms with Crippen LogP contribution in [0.1, 0.15) is 28.8 Å². The second-order valence-electron chi connectivity index (χ2n) is 4.19. The summed E-state index contributed by atoms with van der Waals surface area (Å²) in [5.74, 6) is -2.98. The number of alkyl halides is 3. The number of ether oxygens (including phenoxy) is 1. The van der Waals surface area contributed by atoms with Crippen LogP contribution in [0.25, 0.3) is 0 Å². The SMILES string of the molecule is COC(=O)c1ccc(C(F)(F)F)cc1NC(=O)CCC(=O)O. The first-order valence-corrected chi connectivity index (χ1v) is 5.96. The van der Waals surface area contributed by atoms with Gasteiger partial charge in [0, 0.05) is 6.42 Å². The highest BCUT2D eigenvalue weighted by molar-refractivity contribution is 6.01.